The monoisotopic (exact) mass is 293 g/mol. The first kappa shape index (κ1) is 14.8. The van der Waals surface area contributed by atoms with E-state index < -0.39 is 0 Å². The molecule has 0 fully saturated rings. The van der Waals surface area contributed by atoms with Crippen LogP contribution in [0.1, 0.15) is 17.2 Å². The van der Waals surface area contributed by atoms with E-state index in [-0.39, 0.29) is 11.9 Å². The number of methoxy groups -OCH3 is 1. The summed E-state index contributed by atoms with van der Waals surface area (Å²) in [4.78, 5) is 0. The van der Waals surface area contributed by atoms with Crippen molar-refractivity contribution in [1.29, 1.82) is 0 Å². The highest BCUT2D eigenvalue weighted by Crippen LogP contribution is 2.29. The molecule has 0 aromatic heterocycles. The Morgan fingerprint density at radius 1 is 1.20 bits per heavy atom. The van der Waals surface area contributed by atoms with Crippen molar-refractivity contribution in [3.8, 4) is 5.75 Å². The van der Waals surface area contributed by atoms with Gasteiger partial charge in [-0.25, -0.2) is 4.39 Å². The topological polar surface area (TPSA) is 21.3 Å². The summed E-state index contributed by atoms with van der Waals surface area (Å²) in [5.74, 6) is 0.437. The minimum Gasteiger partial charge on any atom is -0.495 e. The molecule has 2 aromatic carbocycles. The largest absolute Gasteiger partial charge is 0.495 e. The highest BCUT2D eigenvalue weighted by atomic mass is 35.5. The van der Waals surface area contributed by atoms with Gasteiger partial charge in [0, 0.05) is 6.04 Å². The van der Waals surface area contributed by atoms with E-state index in [1.807, 2.05) is 25.2 Å². The third-order valence-electron chi connectivity index (χ3n) is 3.28. The van der Waals surface area contributed by atoms with Gasteiger partial charge in [-0.05, 0) is 48.9 Å². The molecule has 0 radical (unpaired) electrons. The lowest BCUT2D eigenvalue weighted by atomic mass is 9.99. The normalized spacial score (nSPS) is 12.2. The number of nitrogens with one attached hydrogen (secondary N) is 1. The Balaban J connectivity index is 2.21. The number of hydrogen-bond donors (Lipinski definition) is 1. The van der Waals surface area contributed by atoms with Crippen molar-refractivity contribution < 1.29 is 9.13 Å². The number of halogens is 2. The first-order valence-electron chi connectivity index (χ1n) is 6.39. The molecule has 0 heterocycles. The molecule has 0 aliphatic rings. The maximum absolute atomic E-state index is 12.9. The maximum atomic E-state index is 12.9. The predicted octanol–water partition coefficient (Wildman–Crippen LogP) is 3.99. The summed E-state index contributed by atoms with van der Waals surface area (Å²) in [6.07, 6.45) is 0.765. The molecule has 20 heavy (non-hydrogen) atoms. The van der Waals surface area contributed by atoms with E-state index >= 15 is 0 Å². The number of hydrogen-bond acceptors (Lipinski definition) is 2. The van der Waals surface area contributed by atoms with Gasteiger partial charge < -0.3 is 10.1 Å². The molecule has 0 saturated carbocycles. The van der Waals surface area contributed by atoms with Crippen molar-refractivity contribution in [3.05, 3.63) is 64.4 Å². The molecular formula is C16H17ClFNO. The van der Waals surface area contributed by atoms with Crippen LogP contribution in [-0.2, 0) is 6.42 Å². The molecule has 0 spiro atoms. The van der Waals surface area contributed by atoms with Crippen LogP contribution in [0, 0.1) is 5.82 Å². The van der Waals surface area contributed by atoms with Crippen LogP contribution in [0.15, 0.2) is 42.5 Å². The van der Waals surface area contributed by atoms with E-state index in [2.05, 4.69) is 5.32 Å². The lowest BCUT2D eigenvalue weighted by Crippen LogP contribution is -2.18. The van der Waals surface area contributed by atoms with Crippen LogP contribution in [0.25, 0.3) is 0 Å². The predicted molar refractivity (Wildman–Crippen MR) is 79.9 cm³/mol. The van der Waals surface area contributed by atoms with Crippen LogP contribution in [0.3, 0.4) is 0 Å². The Bertz CT molecular complexity index is 571. The zero-order valence-corrected chi connectivity index (χ0v) is 12.2. The molecule has 0 aliphatic carbocycles. The maximum Gasteiger partial charge on any atom is 0.137 e. The average molecular weight is 294 g/mol. The zero-order valence-electron chi connectivity index (χ0n) is 11.5. The van der Waals surface area contributed by atoms with Crippen molar-refractivity contribution in [2.24, 2.45) is 0 Å². The quantitative estimate of drug-likeness (QED) is 0.900. The van der Waals surface area contributed by atoms with Crippen LogP contribution in [-0.4, -0.2) is 14.2 Å². The minimum absolute atomic E-state index is 0.117. The van der Waals surface area contributed by atoms with Gasteiger partial charge in [-0.1, -0.05) is 29.8 Å². The molecule has 2 nitrogen and oxygen atoms in total. The van der Waals surface area contributed by atoms with E-state index in [9.17, 15) is 4.39 Å². The zero-order chi connectivity index (χ0) is 14.5. The van der Waals surface area contributed by atoms with E-state index in [0.29, 0.717) is 10.8 Å². The molecule has 106 valence electrons. The van der Waals surface area contributed by atoms with Crippen LogP contribution < -0.4 is 10.1 Å². The Morgan fingerprint density at radius 3 is 2.50 bits per heavy atom. The highest BCUT2D eigenvalue weighted by Gasteiger charge is 2.12. The molecule has 1 unspecified atom stereocenters. The van der Waals surface area contributed by atoms with E-state index in [4.69, 9.17) is 16.3 Å². The third-order valence-corrected chi connectivity index (χ3v) is 3.59. The Kier molecular flexibility index (Phi) is 4.99. The van der Waals surface area contributed by atoms with Crippen molar-refractivity contribution in [2.75, 3.05) is 14.2 Å². The van der Waals surface area contributed by atoms with Gasteiger partial charge in [-0.15, -0.1) is 0 Å². The van der Waals surface area contributed by atoms with Gasteiger partial charge in [-0.3, -0.25) is 0 Å². The van der Waals surface area contributed by atoms with Gasteiger partial charge in [0.2, 0.25) is 0 Å². The highest BCUT2D eigenvalue weighted by molar-refractivity contribution is 6.32. The van der Waals surface area contributed by atoms with E-state index in [1.54, 1.807) is 19.2 Å². The van der Waals surface area contributed by atoms with Gasteiger partial charge >= 0.3 is 0 Å². The smallest absolute Gasteiger partial charge is 0.137 e. The van der Waals surface area contributed by atoms with E-state index in [0.717, 1.165) is 17.5 Å². The second-order valence-electron chi connectivity index (χ2n) is 4.57. The van der Waals surface area contributed by atoms with Gasteiger partial charge in [0.25, 0.3) is 0 Å². The molecule has 1 atom stereocenters. The third kappa shape index (κ3) is 3.50. The molecule has 1 N–H and O–H groups in total. The lowest BCUT2D eigenvalue weighted by molar-refractivity contribution is 0.413. The molecule has 0 amide bonds. The van der Waals surface area contributed by atoms with Crippen molar-refractivity contribution >= 4 is 11.6 Å². The summed E-state index contributed by atoms with van der Waals surface area (Å²) < 4.78 is 18.2. The Morgan fingerprint density at radius 2 is 1.90 bits per heavy atom. The summed E-state index contributed by atoms with van der Waals surface area (Å²) >= 11 is 6.03. The summed E-state index contributed by atoms with van der Waals surface area (Å²) in [5, 5.41) is 3.85. The summed E-state index contributed by atoms with van der Waals surface area (Å²) in [5.41, 5.74) is 2.15. The number of rotatable bonds is 5. The van der Waals surface area contributed by atoms with E-state index in [1.165, 1.54) is 12.1 Å². The molecule has 0 bridgehead atoms. The minimum atomic E-state index is -0.220. The molecule has 2 rings (SSSR count). The fourth-order valence-electron chi connectivity index (χ4n) is 2.14. The summed E-state index contributed by atoms with van der Waals surface area (Å²) in [7, 11) is 3.49. The Labute approximate surface area is 123 Å². The number of ether oxygens (including phenoxy) is 1. The first-order valence-corrected chi connectivity index (χ1v) is 6.77. The fourth-order valence-corrected chi connectivity index (χ4v) is 2.33. The van der Waals surface area contributed by atoms with Crippen molar-refractivity contribution in [3.63, 3.8) is 0 Å². The van der Waals surface area contributed by atoms with Gasteiger partial charge in [0.1, 0.15) is 11.6 Å². The molecule has 2 aromatic rings. The molecule has 0 saturated heterocycles. The first-order chi connectivity index (χ1) is 9.63. The second kappa shape index (κ2) is 6.73. The SMILES string of the molecule is CNC(Cc1ccc(F)cc1)c1ccc(Cl)c(OC)c1. The van der Waals surface area contributed by atoms with Gasteiger partial charge in [0.05, 0.1) is 12.1 Å². The summed E-state index contributed by atoms with van der Waals surface area (Å²) in [6, 6.07) is 12.4. The van der Waals surface area contributed by atoms with Gasteiger partial charge in [0.15, 0.2) is 0 Å². The average Bonchev–Trinajstić information content (AvgIpc) is 2.47. The van der Waals surface area contributed by atoms with Crippen molar-refractivity contribution in [2.45, 2.75) is 12.5 Å². The molecule has 4 heteroatoms. The Hall–Kier alpha value is -1.58. The molecule has 0 aliphatic heterocycles. The standard InChI is InChI=1S/C16H17ClFNO/c1-19-15(9-11-3-6-13(18)7-4-11)12-5-8-14(17)16(10-12)20-2/h3-8,10,15,19H,9H2,1-2H3. The molecular weight excluding hydrogens is 277 g/mol. The number of benzene rings is 2. The van der Waals surface area contributed by atoms with Crippen LogP contribution in [0.5, 0.6) is 5.75 Å². The van der Waals surface area contributed by atoms with Crippen LogP contribution in [0.4, 0.5) is 4.39 Å². The lowest BCUT2D eigenvalue weighted by Gasteiger charge is -2.18. The summed E-state index contributed by atoms with van der Waals surface area (Å²) in [6.45, 7) is 0. The van der Waals surface area contributed by atoms with Gasteiger partial charge in [-0.2, -0.15) is 0 Å². The van der Waals surface area contributed by atoms with Crippen molar-refractivity contribution in [1.82, 2.24) is 5.32 Å². The van der Waals surface area contributed by atoms with Crippen LogP contribution in [0.2, 0.25) is 5.02 Å². The van der Waals surface area contributed by atoms with Crippen LogP contribution >= 0.6 is 11.6 Å². The fraction of sp³-hybridized carbons (Fsp3) is 0.250. The second-order valence-corrected chi connectivity index (χ2v) is 4.97. The number of likely N-dealkylation sites (N-methyl/N-ethyl adjacent to an activating group) is 1.